The highest BCUT2D eigenvalue weighted by molar-refractivity contribution is 14.1. The molecular weight excluding hydrogens is 425 g/mol. The molecule has 0 spiro atoms. The van der Waals surface area contributed by atoms with E-state index in [1.807, 2.05) is 6.07 Å². The van der Waals surface area contributed by atoms with E-state index in [0.29, 0.717) is 0 Å². The molecule has 0 saturated heterocycles. The molecule has 0 aliphatic rings. The Bertz CT molecular complexity index is 770. The molecule has 0 amide bonds. The van der Waals surface area contributed by atoms with Crippen molar-refractivity contribution >= 4 is 49.3 Å². The lowest BCUT2D eigenvalue weighted by Gasteiger charge is -2.15. The third kappa shape index (κ3) is 2.75. The predicted molar refractivity (Wildman–Crippen MR) is 96.8 cm³/mol. The second-order valence-corrected chi connectivity index (χ2v) is 6.83. The van der Waals surface area contributed by atoms with Crippen molar-refractivity contribution in [2.24, 2.45) is 5.73 Å². The molecule has 3 heteroatoms. The van der Waals surface area contributed by atoms with Gasteiger partial charge in [-0.25, -0.2) is 0 Å². The summed E-state index contributed by atoms with van der Waals surface area (Å²) in [6.07, 6.45) is 0. The van der Waals surface area contributed by atoms with Crippen LogP contribution in [0.3, 0.4) is 0 Å². The summed E-state index contributed by atoms with van der Waals surface area (Å²) in [5, 5.41) is 2.47. The van der Waals surface area contributed by atoms with Crippen LogP contribution in [0.4, 0.5) is 0 Å². The summed E-state index contributed by atoms with van der Waals surface area (Å²) in [5.74, 6) is 0. The number of nitrogens with two attached hydrogens (primary N) is 1. The van der Waals surface area contributed by atoms with Crippen molar-refractivity contribution in [2.45, 2.75) is 6.04 Å². The fourth-order valence-corrected chi connectivity index (χ4v) is 3.38. The third-order valence-electron chi connectivity index (χ3n) is 3.43. The fraction of sp³-hybridized carbons (Fsp3) is 0.0588. The van der Waals surface area contributed by atoms with Crippen LogP contribution in [0, 0.1) is 3.57 Å². The van der Waals surface area contributed by atoms with Gasteiger partial charge in [-0.2, -0.15) is 0 Å². The van der Waals surface area contributed by atoms with Crippen molar-refractivity contribution in [1.29, 1.82) is 0 Å². The minimum absolute atomic E-state index is 0.107. The Kier molecular flexibility index (Phi) is 4.10. The molecule has 0 heterocycles. The minimum atomic E-state index is -0.107. The van der Waals surface area contributed by atoms with Gasteiger partial charge >= 0.3 is 0 Å². The van der Waals surface area contributed by atoms with Gasteiger partial charge in [0.2, 0.25) is 0 Å². The van der Waals surface area contributed by atoms with E-state index in [-0.39, 0.29) is 6.04 Å². The first-order valence-corrected chi connectivity index (χ1v) is 8.21. The van der Waals surface area contributed by atoms with E-state index >= 15 is 0 Å². The molecule has 0 aliphatic carbocycles. The van der Waals surface area contributed by atoms with Crippen molar-refractivity contribution in [1.82, 2.24) is 0 Å². The van der Waals surface area contributed by atoms with Crippen LogP contribution in [0.5, 0.6) is 0 Å². The zero-order chi connectivity index (χ0) is 14.1. The Labute approximate surface area is 140 Å². The molecule has 3 aromatic carbocycles. The molecule has 1 unspecified atom stereocenters. The van der Waals surface area contributed by atoms with Crippen molar-refractivity contribution < 1.29 is 0 Å². The summed E-state index contributed by atoms with van der Waals surface area (Å²) >= 11 is 5.85. The largest absolute Gasteiger partial charge is 0.320 e. The Morgan fingerprint density at radius 3 is 2.45 bits per heavy atom. The highest BCUT2D eigenvalue weighted by Crippen LogP contribution is 2.28. The quantitative estimate of drug-likeness (QED) is 0.544. The van der Waals surface area contributed by atoms with Crippen LogP contribution in [0.2, 0.25) is 0 Å². The summed E-state index contributed by atoms with van der Waals surface area (Å²) in [4.78, 5) is 0. The van der Waals surface area contributed by atoms with Crippen LogP contribution in [0.15, 0.2) is 65.1 Å². The van der Waals surface area contributed by atoms with Crippen LogP contribution in [0.25, 0.3) is 10.8 Å². The Balaban J connectivity index is 2.07. The lowest BCUT2D eigenvalue weighted by atomic mass is 9.97. The Morgan fingerprint density at radius 2 is 1.65 bits per heavy atom. The van der Waals surface area contributed by atoms with Crippen LogP contribution in [0.1, 0.15) is 17.2 Å². The number of rotatable bonds is 2. The molecule has 1 atom stereocenters. The maximum atomic E-state index is 6.45. The summed E-state index contributed by atoms with van der Waals surface area (Å²) in [6.45, 7) is 0. The molecule has 100 valence electrons. The number of hydrogen-bond acceptors (Lipinski definition) is 1. The molecule has 3 aromatic rings. The molecule has 2 N–H and O–H groups in total. The molecule has 3 rings (SSSR count). The standard InChI is InChI=1S/C17H13BrIN/c18-14-7-8-16(19)15(10-14)17(20)13-6-5-11-3-1-2-4-12(11)9-13/h1-10,17H,20H2. The highest BCUT2D eigenvalue weighted by atomic mass is 127. The first kappa shape index (κ1) is 14.0. The zero-order valence-electron chi connectivity index (χ0n) is 10.7. The molecule has 0 aliphatic heterocycles. The smallest absolute Gasteiger partial charge is 0.0562 e. The van der Waals surface area contributed by atoms with Gasteiger partial charge in [0.15, 0.2) is 0 Å². The number of benzene rings is 3. The van der Waals surface area contributed by atoms with E-state index in [1.165, 1.54) is 14.3 Å². The maximum Gasteiger partial charge on any atom is 0.0562 e. The molecule has 0 fully saturated rings. The van der Waals surface area contributed by atoms with Crippen LogP contribution < -0.4 is 5.73 Å². The third-order valence-corrected chi connectivity index (χ3v) is 4.90. The summed E-state index contributed by atoms with van der Waals surface area (Å²) in [5.41, 5.74) is 8.74. The van der Waals surface area contributed by atoms with Gasteiger partial charge in [0.05, 0.1) is 6.04 Å². The van der Waals surface area contributed by atoms with E-state index in [0.717, 1.165) is 15.6 Å². The second kappa shape index (κ2) is 5.84. The molecule has 1 nitrogen and oxygen atoms in total. The van der Waals surface area contributed by atoms with Gasteiger partial charge in [-0.15, -0.1) is 0 Å². The average molecular weight is 438 g/mol. The van der Waals surface area contributed by atoms with E-state index in [2.05, 4.69) is 93.1 Å². The van der Waals surface area contributed by atoms with Crippen LogP contribution in [-0.2, 0) is 0 Å². The van der Waals surface area contributed by atoms with Gasteiger partial charge in [0.25, 0.3) is 0 Å². The highest BCUT2D eigenvalue weighted by Gasteiger charge is 2.13. The van der Waals surface area contributed by atoms with Gasteiger partial charge in [0, 0.05) is 8.04 Å². The van der Waals surface area contributed by atoms with E-state index in [9.17, 15) is 0 Å². The number of halogens is 2. The van der Waals surface area contributed by atoms with Gasteiger partial charge in [-0.1, -0.05) is 52.3 Å². The molecule has 20 heavy (non-hydrogen) atoms. The van der Waals surface area contributed by atoms with Crippen molar-refractivity contribution in [2.75, 3.05) is 0 Å². The molecule has 0 saturated carbocycles. The Morgan fingerprint density at radius 1 is 0.900 bits per heavy atom. The van der Waals surface area contributed by atoms with E-state index < -0.39 is 0 Å². The van der Waals surface area contributed by atoms with E-state index in [4.69, 9.17) is 5.73 Å². The normalized spacial score (nSPS) is 12.6. The van der Waals surface area contributed by atoms with Crippen LogP contribution >= 0.6 is 38.5 Å². The first-order chi connectivity index (χ1) is 9.65. The molecule has 0 bridgehead atoms. The lowest BCUT2D eigenvalue weighted by molar-refractivity contribution is 0.866. The van der Waals surface area contributed by atoms with Gasteiger partial charge in [-0.05, 0) is 68.8 Å². The van der Waals surface area contributed by atoms with Crippen LogP contribution in [-0.4, -0.2) is 0 Å². The predicted octanol–water partition coefficient (Wildman–Crippen LogP) is 5.26. The van der Waals surface area contributed by atoms with Crippen molar-refractivity contribution in [3.8, 4) is 0 Å². The average Bonchev–Trinajstić information content (AvgIpc) is 2.48. The fourth-order valence-electron chi connectivity index (χ4n) is 2.33. The first-order valence-electron chi connectivity index (χ1n) is 6.34. The maximum absolute atomic E-state index is 6.45. The SMILES string of the molecule is NC(c1ccc2ccccc2c1)c1cc(Br)ccc1I. The van der Waals surface area contributed by atoms with E-state index in [1.54, 1.807) is 0 Å². The monoisotopic (exact) mass is 437 g/mol. The summed E-state index contributed by atoms with van der Waals surface area (Å²) < 4.78 is 2.25. The molecule has 0 aromatic heterocycles. The molecular formula is C17H13BrIN. The van der Waals surface area contributed by atoms with Gasteiger partial charge < -0.3 is 5.73 Å². The summed E-state index contributed by atoms with van der Waals surface area (Å²) in [6, 6.07) is 20.9. The topological polar surface area (TPSA) is 26.0 Å². The van der Waals surface area contributed by atoms with Gasteiger partial charge in [0.1, 0.15) is 0 Å². The Hall–Kier alpha value is -0.910. The van der Waals surface area contributed by atoms with Gasteiger partial charge in [-0.3, -0.25) is 0 Å². The number of hydrogen-bond donors (Lipinski definition) is 1. The van der Waals surface area contributed by atoms with Crippen molar-refractivity contribution in [3.05, 3.63) is 79.8 Å². The summed E-state index contributed by atoms with van der Waals surface area (Å²) in [7, 11) is 0. The number of fused-ring (bicyclic) bond motifs is 1. The second-order valence-electron chi connectivity index (χ2n) is 4.75. The van der Waals surface area contributed by atoms with Crippen molar-refractivity contribution in [3.63, 3.8) is 0 Å². The minimum Gasteiger partial charge on any atom is -0.320 e. The zero-order valence-corrected chi connectivity index (χ0v) is 14.4. The lowest BCUT2D eigenvalue weighted by Crippen LogP contribution is -2.13. The molecule has 0 radical (unpaired) electrons.